The van der Waals surface area contributed by atoms with Gasteiger partial charge in [0.1, 0.15) is 11.9 Å². The molecule has 2 rings (SSSR count). The third kappa shape index (κ3) is 3.53. The number of nitro benzene ring substituents is 1. The monoisotopic (exact) mass is 299 g/mol. The van der Waals surface area contributed by atoms with Crippen molar-refractivity contribution in [3.8, 4) is 5.75 Å². The van der Waals surface area contributed by atoms with Crippen LogP contribution in [0.1, 0.15) is 6.42 Å². The molecule has 1 aromatic carbocycles. The Kier molecular flexibility index (Phi) is 4.81. The highest BCUT2D eigenvalue weighted by molar-refractivity contribution is 5.90. The second-order valence-electron chi connectivity index (χ2n) is 4.48. The zero-order valence-electron chi connectivity index (χ0n) is 11.3. The normalized spacial score (nSPS) is 21.0. The zero-order chi connectivity index (χ0) is 15.4. The van der Waals surface area contributed by atoms with Gasteiger partial charge in [-0.05, 0) is 12.1 Å². The first-order chi connectivity index (χ1) is 10.0. The fourth-order valence-electron chi connectivity index (χ4n) is 1.93. The number of halogens is 1. The van der Waals surface area contributed by atoms with E-state index in [9.17, 15) is 19.3 Å². The summed E-state index contributed by atoms with van der Waals surface area (Å²) < 4.78 is 28.6. The SMILES string of the molecule is COCCOC1C(=O)CC1Oc1ccc(F)cc1[N+](=O)[O-]. The van der Waals surface area contributed by atoms with Crippen molar-refractivity contribution in [2.75, 3.05) is 20.3 Å². The predicted molar refractivity (Wildman–Crippen MR) is 68.7 cm³/mol. The third-order valence-electron chi connectivity index (χ3n) is 3.04. The second-order valence-corrected chi connectivity index (χ2v) is 4.48. The number of nitrogens with zero attached hydrogens (tertiary/aromatic N) is 1. The number of nitro groups is 1. The average molecular weight is 299 g/mol. The molecule has 21 heavy (non-hydrogen) atoms. The minimum atomic E-state index is -0.773. The Morgan fingerprint density at radius 2 is 2.19 bits per heavy atom. The molecule has 2 unspecified atom stereocenters. The lowest BCUT2D eigenvalue weighted by molar-refractivity contribution is -0.386. The minimum Gasteiger partial charge on any atom is -0.480 e. The summed E-state index contributed by atoms with van der Waals surface area (Å²) in [6.07, 6.45) is -1.28. The van der Waals surface area contributed by atoms with Crippen LogP contribution in [0, 0.1) is 15.9 Å². The summed E-state index contributed by atoms with van der Waals surface area (Å²) in [5.74, 6) is -0.952. The van der Waals surface area contributed by atoms with Crippen molar-refractivity contribution in [1.82, 2.24) is 0 Å². The van der Waals surface area contributed by atoms with Crippen LogP contribution in [0.5, 0.6) is 5.75 Å². The van der Waals surface area contributed by atoms with Crippen molar-refractivity contribution in [2.24, 2.45) is 0 Å². The lowest BCUT2D eigenvalue weighted by Gasteiger charge is -2.34. The van der Waals surface area contributed by atoms with Crippen molar-refractivity contribution >= 4 is 11.5 Å². The van der Waals surface area contributed by atoms with E-state index in [2.05, 4.69) is 0 Å². The summed E-state index contributed by atoms with van der Waals surface area (Å²) in [4.78, 5) is 21.6. The van der Waals surface area contributed by atoms with E-state index in [4.69, 9.17) is 14.2 Å². The number of methoxy groups -OCH3 is 1. The number of Topliss-reactive ketones (excluding diaryl/α,β-unsaturated/α-hetero) is 1. The first-order valence-electron chi connectivity index (χ1n) is 6.26. The third-order valence-corrected chi connectivity index (χ3v) is 3.04. The zero-order valence-corrected chi connectivity index (χ0v) is 11.3. The molecule has 0 amide bonds. The Morgan fingerprint density at radius 1 is 1.43 bits per heavy atom. The number of carbonyl (C=O) groups excluding carboxylic acids is 1. The predicted octanol–water partition coefficient (Wildman–Crippen LogP) is 1.49. The van der Waals surface area contributed by atoms with Gasteiger partial charge in [-0.15, -0.1) is 0 Å². The molecule has 0 radical (unpaired) electrons. The van der Waals surface area contributed by atoms with E-state index in [-0.39, 0.29) is 24.6 Å². The van der Waals surface area contributed by atoms with E-state index >= 15 is 0 Å². The van der Waals surface area contributed by atoms with Crippen molar-refractivity contribution in [3.05, 3.63) is 34.1 Å². The van der Waals surface area contributed by atoms with Crippen molar-refractivity contribution in [3.63, 3.8) is 0 Å². The molecule has 1 aliphatic carbocycles. The molecule has 0 saturated heterocycles. The van der Waals surface area contributed by atoms with Crippen LogP contribution in [0.15, 0.2) is 18.2 Å². The topological polar surface area (TPSA) is 87.9 Å². The Bertz CT molecular complexity index is 549. The van der Waals surface area contributed by atoms with Gasteiger partial charge in [-0.25, -0.2) is 4.39 Å². The summed E-state index contributed by atoms with van der Waals surface area (Å²) in [5.41, 5.74) is -0.481. The quantitative estimate of drug-likeness (QED) is 0.430. The highest BCUT2D eigenvalue weighted by Crippen LogP contribution is 2.32. The van der Waals surface area contributed by atoms with Crippen LogP contribution < -0.4 is 4.74 Å². The first kappa shape index (κ1) is 15.3. The fraction of sp³-hybridized carbons (Fsp3) is 0.462. The molecule has 0 spiro atoms. The smallest absolute Gasteiger partial charge is 0.313 e. The summed E-state index contributed by atoms with van der Waals surface area (Å²) >= 11 is 0. The lowest BCUT2D eigenvalue weighted by atomic mass is 9.90. The van der Waals surface area contributed by atoms with Crippen LogP contribution in [0.25, 0.3) is 0 Å². The molecule has 0 N–H and O–H groups in total. The van der Waals surface area contributed by atoms with E-state index in [0.717, 1.165) is 12.1 Å². The van der Waals surface area contributed by atoms with Crippen LogP contribution in [0.4, 0.5) is 10.1 Å². The number of hydrogen-bond acceptors (Lipinski definition) is 6. The number of carbonyl (C=O) groups is 1. The van der Waals surface area contributed by atoms with Gasteiger partial charge in [-0.2, -0.15) is 0 Å². The molecule has 8 heteroatoms. The Morgan fingerprint density at radius 3 is 2.81 bits per heavy atom. The lowest BCUT2D eigenvalue weighted by Crippen LogP contribution is -2.52. The maximum atomic E-state index is 13.0. The number of hydrogen-bond donors (Lipinski definition) is 0. The number of ketones is 1. The largest absolute Gasteiger partial charge is 0.480 e. The maximum Gasteiger partial charge on any atom is 0.313 e. The molecule has 0 aliphatic heterocycles. The van der Waals surface area contributed by atoms with Gasteiger partial charge in [0.2, 0.25) is 0 Å². The molecular formula is C13H14FNO6. The van der Waals surface area contributed by atoms with Crippen molar-refractivity contribution in [1.29, 1.82) is 0 Å². The van der Waals surface area contributed by atoms with Crippen LogP contribution in [-0.2, 0) is 14.3 Å². The molecule has 7 nitrogen and oxygen atoms in total. The molecule has 1 saturated carbocycles. The van der Waals surface area contributed by atoms with E-state index in [1.165, 1.54) is 13.2 Å². The Balaban J connectivity index is 2.04. The van der Waals surface area contributed by atoms with Gasteiger partial charge in [0.15, 0.2) is 17.6 Å². The van der Waals surface area contributed by atoms with E-state index in [0.29, 0.717) is 6.61 Å². The van der Waals surface area contributed by atoms with Gasteiger partial charge < -0.3 is 14.2 Å². The molecule has 1 aromatic rings. The van der Waals surface area contributed by atoms with Gasteiger partial charge in [0.25, 0.3) is 0 Å². The van der Waals surface area contributed by atoms with E-state index < -0.39 is 28.6 Å². The molecular weight excluding hydrogens is 285 g/mol. The second kappa shape index (κ2) is 6.59. The van der Waals surface area contributed by atoms with Crippen LogP contribution in [0.3, 0.4) is 0 Å². The maximum absolute atomic E-state index is 13.0. The molecule has 1 aliphatic rings. The standard InChI is InChI=1S/C13H14FNO6/c1-19-4-5-20-13-10(16)7-12(13)21-11-3-2-8(14)6-9(11)15(17)18/h2-3,6,12-13H,4-5,7H2,1H3. The molecule has 1 fully saturated rings. The summed E-state index contributed by atoms with van der Waals surface area (Å²) in [5, 5.41) is 10.9. The van der Waals surface area contributed by atoms with Gasteiger partial charge in [-0.3, -0.25) is 14.9 Å². The van der Waals surface area contributed by atoms with Crippen LogP contribution in [-0.4, -0.2) is 43.2 Å². The summed E-state index contributed by atoms with van der Waals surface area (Å²) in [6, 6.07) is 3.00. The van der Waals surface area contributed by atoms with Crippen LogP contribution in [0.2, 0.25) is 0 Å². The van der Waals surface area contributed by atoms with Gasteiger partial charge in [0, 0.05) is 13.5 Å². The highest BCUT2D eigenvalue weighted by atomic mass is 19.1. The van der Waals surface area contributed by atoms with Crippen molar-refractivity contribution in [2.45, 2.75) is 18.6 Å². The number of ether oxygens (including phenoxy) is 3. The van der Waals surface area contributed by atoms with Gasteiger partial charge >= 0.3 is 5.69 Å². The first-order valence-corrected chi connectivity index (χ1v) is 6.26. The molecule has 0 heterocycles. The Labute approximate surface area is 119 Å². The van der Waals surface area contributed by atoms with E-state index in [1.807, 2.05) is 0 Å². The molecule has 114 valence electrons. The fourth-order valence-corrected chi connectivity index (χ4v) is 1.93. The van der Waals surface area contributed by atoms with Gasteiger partial charge in [-0.1, -0.05) is 0 Å². The molecule has 2 atom stereocenters. The number of rotatable bonds is 7. The van der Waals surface area contributed by atoms with E-state index in [1.54, 1.807) is 0 Å². The van der Waals surface area contributed by atoms with Crippen molar-refractivity contribution < 1.29 is 28.3 Å². The minimum absolute atomic E-state index is 0.0840. The average Bonchev–Trinajstić information content (AvgIpc) is 2.44. The Hall–Kier alpha value is -2.06. The summed E-state index contributed by atoms with van der Waals surface area (Å²) in [7, 11) is 1.50. The van der Waals surface area contributed by atoms with Crippen LogP contribution >= 0.6 is 0 Å². The summed E-state index contributed by atoms with van der Waals surface area (Å²) in [6.45, 7) is 0.547. The highest BCUT2D eigenvalue weighted by Gasteiger charge is 2.43. The molecule has 0 bridgehead atoms. The molecule has 0 aromatic heterocycles. The van der Waals surface area contributed by atoms with Gasteiger partial charge in [0.05, 0.1) is 24.2 Å². The number of benzene rings is 1.